The molecule has 0 saturated carbocycles. The zero-order chi connectivity index (χ0) is 10.7. The topological polar surface area (TPSA) is 53.4 Å². The number of aromatic nitrogens is 1. The lowest BCUT2D eigenvalue weighted by Gasteiger charge is -2.15. The van der Waals surface area contributed by atoms with Crippen molar-refractivity contribution in [3.63, 3.8) is 0 Å². The molecule has 1 aromatic rings. The van der Waals surface area contributed by atoms with Gasteiger partial charge in [0, 0.05) is 17.1 Å². The third-order valence-corrected chi connectivity index (χ3v) is 3.03. The molecule has 0 radical (unpaired) electrons. The highest BCUT2D eigenvalue weighted by Crippen LogP contribution is 2.25. The van der Waals surface area contributed by atoms with Crippen LogP contribution in [-0.2, 0) is 0 Å². The van der Waals surface area contributed by atoms with Crippen molar-refractivity contribution < 1.29 is 10.2 Å². The molecule has 2 N–H and O–H groups in total. The molecule has 14 heavy (non-hydrogen) atoms. The Kier molecular flexibility index (Phi) is 4.60. The molecular weight excluding hydrogens is 293 g/mol. The number of alkyl halides is 1. The standard InChI is InChI=1S/C8H8BrCl2NO2/c9-2-6(13)7(14)4-1-5(10)8(11)12-3-4/h1,3,6-7,13-14H,2H2. The van der Waals surface area contributed by atoms with Gasteiger partial charge in [0.25, 0.3) is 0 Å². The van der Waals surface area contributed by atoms with Crippen molar-refractivity contribution in [1.82, 2.24) is 4.98 Å². The molecule has 0 aromatic carbocycles. The summed E-state index contributed by atoms with van der Waals surface area (Å²) < 4.78 is 0. The molecule has 0 fully saturated rings. The van der Waals surface area contributed by atoms with E-state index in [0.717, 1.165) is 0 Å². The molecule has 2 unspecified atom stereocenters. The van der Waals surface area contributed by atoms with Gasteiger partial charge in [0.1, 0.15) is 11.3 Å². The molecule has 0 aliphatic carbocycles. The number of pyridine rings is 1. The average molecular weight is 301 g/mol. The number of hydrogen-bond donors (Lipinski definition) is 2. The highest BCUT2D eigenvalue weighted by Gasteiger charge is 2.18. The second-order valence-corrected chi connectivity index (χ2v) is 4.12. The van der Waals surface area contributed by atoms with Crippen molar-refractivity contribution in [1.29, 1.82) is 0 Å². The van der Waals surface area contributed by atoms with Crippen molar-refractivity contribution in [3.05, 3.63) is 28.0 Å². The van der Waals surface area contributed by atoms with Gasteiger partial charge < -0.3 is 10.2 Å². The first-order chi connectivity index (χ1) is 6.56. The molecule has 1 rings (SSSR count). The molecule has 1 aromatic heterocycles. The fraction of sp³-hybridized carbons (Fsp3) is 0.375. The fourth-order valence-electron chi connectivity index (χ4n) is 0.904. The molecule has 0 saturated heterocycles. The molecule has 0 aliphatic heterocycles. The largest absolute Gasteiger partial charge is 0.389 e. The van der Waals surface area contributed by atoms with Gasteiger partial charge in [-0.25, -0.2) is 4.98 Å². The Hall–Kier alpha value is 0.130. The van der Waals surface area contributed by atoms with Crippen LogP contribution in [0.25, 0.3) is 0 Å². The van der Waals surface area contributed by atoms with Crippen LogP contribution in [0.5, 0.6) is 0 Å². The predicted molar refractivity (Wildman–Crippen MR) is 59.0 cm³/mol. The van der Waals surface area contributed by atoms with E-state index >= 15 is 0 Å². The number of nitrogens with zero attached hydrogens (tertiary/aromatic N) is 1. The summed E-state index contributed by atoms with van der Waals surface area (Å²) in [7, 11) is 0. The van der Waals surface area contributed by atoms with Crippen LogP contribution in [0.4, 0.5) is 0 Å². The first-order valence-electron chi connectivity index (χ1n) is 3.79. The highest BCUT2D eigenvalue weighted by molar-refractivity contribution is 9.09. The second kappa shape index (κ2) is 5.28. The van der Waals surface area contributed by atoms with Gasteiger partial charge in [0.2, 0.25) is 0 Å². The Morgan fingerprint density at radius 2 is 2.07 bits per heavy atom. The van der Waals surface area contributed by atoms with Crippen molar-refractivity contribution >= 4 is 39.1 Å². The lowest BCUT2D eigenvalue weighted by Crippen LogP contribution is -2.19. The van der Waals surface area contributed by atoms with Crippen LogP contribution in [0.1, 0.15) is 11.7 Å². The molecule has 0 bridgehead atoms. The lowest BCUT2D eigenvalue weighted by molar-refractivity contribution is 0.0341. The quantitative estimate of drug-likeness (QED) is 0.664. The summed E-state index contributed by atoms with van der Waals surface area (Å²) in [4.78, 5) is 3.76. The van der Waals surface area contributed by atoms with Gasteiger partial charge in [-0.3, -0.25) is 0 Å². The third kappa shape index (κ3) is 2.81. The third-order valence-electron chi connectivity index (χ3n) is 1.68. The number of halogens is 3. The number of rotatable bonds is 3. The Morgan fingerprint density at radius 3 is 2.57 bits per heavy atom. The maximum absolute atomic E-state index is 9.58. The van der Waals surface area contributed by atoms with E-state index < -0.39 is 12.2 Å². The van der Waals surface area contributed by atoms with Crippen LogP contribution in [0.3, 0.4) is 0 Å². The maximum Gasteiger partial charge on any atom is 0.147 e. The van der Waals surface area contributed by atoms with Gasteiger partial charge in [0.15, 0.2) is 0 Å². The summed E-state index contributed by atoms with van der Waals surface area (Å²) in [6, 6.07) is 1.48. The molecule has 1 heterocycles. The zero-order valence-electron chi connectivity index (χ0n) is 6.99. The summed E-state index contributed by atoms with van der Waals surface area (Å²) in [6.07, 6.45) is -0.532. The first kappa shape index (κ1) is 12.2. The maximum atomic E-state index is 9.58. The van der Waals surface area contributed by atoms with E-state index in [1.54, 1.807) is 0 Å². The fourth-order valence-corrected chi connectivity index (χ4v) is 1.54. The summed E-state index contributed by atoms with van der Waals surface area (Å²) in [6.45, 7) is 0. The summed E-state index contributed by atoms with van der Waals surface area (Å²) in [5.74, 6) is 0. The van der Waals surface area contributed by atoms with Crippen molar-refractivity contribution in [2.75, 3.05) is 5.33 Å². The summed E-state index contributed by atoms with van der Waals surface area (Å²) in [5, 5.41) is 19.6. The van der Waals surface area contributed by atoms with Crippen LogP contribution in [0.15, 0.2) is 12.3 Å². The SMILES string of the molecule is OC(CBr)C(O)c1cnc(Cl)c(Cl)c1. The van der Waals surface area contributed by atoms with Gasteiger partial charge in [-0.2, -0.15) is 0 Å². The number of aliphatic hydroxyl groups is 2. The van der Waals surface area contributed by atoms with Gasteiger partial charge >= 0.3 is 0 Å². The first-order valence-corrected chi connectivity index (χ1v) is 5.67. The van der Waals surface area contributed by atoms with Crippen LogP contribution in [-0.4, -0.2) is 26.6 Å². The smallest absolute Gasteiger partial charge is 0.147 e. The molecule has 6 heteroatoms. The summed E-state index contributed by atoms with van der Waals surface area (Å²) >= 11 is 14.4. The van der Waals surface area contributed by atoms with E-state index in [2.05, 4.69) is 20.9 Å². The van der Waals surface area contributed by atoms with E-state index in [4.69, 9.17) is 23.2 Å². The van der Waals surface area contributed by atoms with E-state index in [1.165, 1.54) is 12.3 Å². The molecule has 78 valence electrons. The Labute approximate surface area is 99.8 Å². The number of aliphatic hydroxyl groups excluding tert-OH is 2. The Morgan fingerprint density at radius 1 is 1.43 bits per heavy atom. The van der Waals surface area contributed by atoms with Crippen LogP contribution >= 0.6 is 39.1 Å². The van der Waals surface area contributed by atoms with Crippen molar-refractivity contribution in [2.24, 2.45) is 0 Å². The van der Waals surface area contributed by atoms with Gasteiger partial charge in [-0.05, 0) is 6.07 Å². The van der Waals surface area contributed by atoms with E-state index in [-0.39, 0.29) is 15.5 Å². The lowest BCUT2D eigenvalue weighted by atomic mass is 10.1. The molecular formula is C8H8BrCl2NO2. The van der Waals surface area contributed by atoms with Gasteiger partial charge in [-0.15, -0.1) is 0 Å². The normalized spacial score (nSPS) is 15.2. The van der Waals surface area contributed by atoms with Crippen LogP contribution in [0, 0.1) is 0 Å². The molecule has 0 amide bonds. The van der Waals surface area contributed by atoms with E-state index in [9.17, 15) is 10.2 Å². The molecule has 0 aliphatic rings. The zero-order valence-corrected chi connectivity index (χ0v) is 10.1. The number of hydrogen-bond acceptors (Lipinski definition) is 3. The van der Waals surface area contributed by atoms with Crippen molar-refractivity contribution in [2.45, 2.75) is 12.2 Å². The molecule has 2 atom stereocenters. The highest BCUT2D eigenvalue weighted by atomic mass is 79.9. The second-order valence-electron chi connectivity index (χ2n) is 2.71. The minimum absolute atomic E-state index is 0.177. The monoisotopic (exact) mass is 299 g/mol. The molecule has 0 spiro atoms. The Bertz CT molecular complexity index is 324. The van der Waals surface area contributed by atoms with Crippen LogP contribution in [0.2, 0.25) is 10.2 Å². The minimum atomic E-state index is -1.02. The van der Waals surface area contributed by atoms with Gasteiger partial charge in [-0.1, -0.05) is 39.1 Å². The summed E-state index contributed by atoms with van der Waals surface area (Å²) in [5.41, 5.74) is 0.436. The average Bonchev–Trinajstić information content (AvgIpc) is 2.20. The van der Waals surface area contributed by atoms with E-state index in [0.29, 0.717) is 5.56 Å². The van der Waals surface area contributed by atoms with Crippen LogP contribution < -0.4 is 0 Å². The van der Waals surface area contributed by atoms with Gasteiger partial charge in [0.05, 0.1) is 11.1 Å². The predicted octanol–water partition coefficient (Wildman–Crippen LogP) is 2.18. The van der Waals surface area contributed by atoms with E-state index in [1.807, 2.05) is 0 Å². The molecule has 3 nitrogen and oxygen atoms in total. The Balaban J connectivity index is 2.91. The minimum Gasteiger partial charge on any atom is -0.389 e. The van der Waals surface area contributed by atoms with Crippen molar-refractivity contribution in [3.8, 4) is 0 Å².